The number of rotatable bonds is 4. The number of carbonyl (C=O) groups excluding carboxylic acids is 1. The SMILES string of the molecule is COc1ccc2c(c1)CCC1CN(CCC(C)=O)CCN21.Cl. The molecule has 1 aromatic carbocycles. The Morgan fingerprint density at radius 1 is 1.36 bits per heavy atom. The van der Waals surface area contributed by atoms with Crippen LogP contribution < -0.4 is 9.64 Å². The van der Waals surface area contributed by atoms with Crippen molar-refractivity contribution in [3.05, 3.63) is 23.8 Å². The number of fused-ring (bicyclic) bond motifs is 3. The summed E-state index contributed by atoms with van der Waals surface area (Å²) in [6, 6.07) is 7.02. The molecule has 2 aliphatic rings. The van der Waals surface area contributed by atoms with Crippen LogP contribution in [0.2, 0.25) is 0 Å². The lowest BCUT2D eigenvalue weighted by molar-refractivity contribution is -0.117. The Morgan fingerprint density at radius 3 is 2.91 bits per heavy atom. The molecule has 0 radical (unpaired) electrons. The Hall–Kier alpha value is -1.26. The Balaban J connectivity index is 0.00000176. The quantitative estimate of drug-likeness (QED) is 0.852. The summed E-state index contributed by atoms with van der Waals surface area (Å²) in [7, 11) is 1.72. The highest BCUT2D eigenvalue weighted by atomic mass is 35.5. The number of aryl methyl sites for hydroxylation is 1. The van der Waals surface area contributed by atoms with Crippen LogP contribution in [0.1, 0.15) is 25.3 Å². The summed E-state index contributed by atoms with van der Waals surface area (Å²) in [6.07, 6.45) is 2.99. The van der Waals surface area contributed by atoms with Gasteiger partial charge in [-0.25, -0.2) is 0 Å². The van der Waals surface area contributed by atoms with Gasteiger partial charge in [0.1, 0.15) is 11.5 Å². The number of anilines is 1. The van der Waals surface area contributed by atoms with E-state index in [1.807, 2.05) is 0 Å². The van der Waals surface area contributed by atoms with E-state index in [-0.39, 0.29) is 12.4 Å². The Labute approximate surface area is 138 Å². The molecule has 5 heteroatoms. The number of piperazine rings is 1. The molecule has 1 unspecified atom stereocenters. The monoisotopic (exact) mass is 324 g/mol. The molecule has 122 valence electrons. The van der Waals surface area contributed by atoms with Gasteiger partial charge in [-0.05, 0) is 43.5 Å². The zero-order chi connectivity index (χ0) is 14.8. The van der Waals surface area contributed by atoms with E-state index in [1.165, 1.54) is 17.7 Å². The van der Waals surface area contributed by atoms with Gasteiger partial charge in [0, 0.05) is 44.3 Å². The van der Waals surface area contributed by atoms with E-state index < -0.39 is 0 Å². The van der Waals surface area contributed by atoms with E-state index in [0.717, 1.165) is 38.3 Å². The fourth-order valence-electron chi connectivity index (χ4n) is 3.49. The van der Waals surface area contributed by atoms with Crippen molar-refractivity contribution in [1.82, 2.24) is 4.90 Å². The third-order valence-corrected chi connectivity index (χ3v) is 4.69. The highest BCUT2D eigenvalue weighted by molar-refractivity contribution is 5.85. The first kappa shape index (κ1) is 17.1. The molecule has 0 spiro atoms. The molecule has 0 amide bonds. The first-order valence-corrected chi connectivity index (χ1v) is 7.82. The zero-order valence-electron chi connectivity index (χ0n) is 13.4. The number of ketones is 1. The minimum atomic E-state index is 0. The number of hydrogen-bond acceptors (Lipinski definition) is 4. The number of methoxy groups -OCH3 is 1. The molecule has 1 saturated heterocycles. The maximum Gasteiger partial charge on any atom is 0.131 e. The number of ether oxygens (including phenoxy) is 1. The van der Waals surface area contributed by atoms with Gasteiger partial charge in [0.05, 0.1) is 7.11 Å². The lowest BCUT2D eigenvalue weighted by atomic mass is 9.93. The van der Waals surface area contributed by atoms with E-state index in [1.54, 1.807) is 14.0 Å². The summed E-state index contributed by atoms with van der Waals surface area (Å²) >= 11 is 0. The minimum Gasteiger partial charge on any atom is -0.497 e. The highest BCUT2D eigenvalue weighted by Crippen LogP contribution is 2.34. The summed E-state index contributed by atoms with van der Waals surface area (Å²) in [5, 5.41) is 0. The smallest absolute Gasteiger partial charge is 0.131 e. The molecule has 0 saturated carbocycles. The van der Waals surface area contributed by atoms with Crippen LogP contribution in [0.15, 0.2) is 18.2 Å². The Morgan fingerprint density at radius 2 is 2.18 bits per heavy atom. The average Bonchev–Trinajstić information content (AvgIpc) is 2.51. The van der Waals surface area contributed by atoms with Crippen LogP contribution in [0.3, 0.4) is 0 Å². The van der Waals surface area contributed by atoms with Gasteiger partial charge in [0.25, 0.3) is 0 Å². The Bertz CT molecular complexity index is 535. The summed E-state index contributed by atoms with van der Waals surface area (Å²) in [5.41, 5.74) is 2.78. The second-order valence-corrected chi connectivity index (χ2v) is 6.13. The molecule has 1 fully saturated rings. The number of nitrogens with zero attached hydrogens (tertiary/aromatic N) is 2. The van der Waals surface area contributed by atoms with Gasteiger partial charge in [-0.3, -0.25) is 9.69 Å². The predicted molar refractivity (Wildman–Crippen MR) is 91.4 cm³/mol. The van der Waals surface area contributed by atoms with Crippen LogP contribution in [0.4, 0.5) is 5.69 Å². The highest BCUT2D eigenvalue weighted by Gasteiger charge is 2.31. The number of hydrogen-bond donors (Lipinski definition) is 0. The molecular formula is C17H25ClN2O2. The van der Waals surface area contributed by atoms with Crippen molar-refractivity contribution < 1.29 is 9.53 Å². The molecule has 2 aliphatic heterocycles. The second-order valence-electron chi connectivity index (χ2n) is 6.13. The van der Waals surface area contributed by atoms with Gasteiger partial charge in [0.2, 0.25) is 0 Å². The summed E-state index contributed by atoms with van der Waals surface area (Å²) in [5.74, 6) is 1.24. The maximum atomic E-state index is 11.1. The number of halogens is 1. The molecule has 0 aromatic heterocycles. The van der Waals surface area contributed by atoms with Crippen LogP contribution >= 0.6 is 12.4 Å². The van der Waals surface area contributed by atoms with Crippen LogP contribution in [0.5, 0.6) is 5.75 Å². The van der Waals surface area contributed by atoms with E-state index in [9.17, 15) is 4.79 Å². The maximum absolute atomic E-state index is 11.1. The van der Waals surface area contributed by atoms with Crippen LogP contribution in [0.25, 0.3) is 0 Å². The lowest BCUT2D eigenvalue weighted by Crippen LogP contribution is -2.55. The fourth-order valence-corrected chi connectivity index (χ4v) is 3.49. The van der Waals surface area contributed by atoms with Crippen molar-refractivity contribution in [2.24, 2.45) is 0 Å². The van der Waals surface area contributed by atoms with Crippen LogP contribution in [-0.4, -0.2) is 50.0 Å². The van der Waals surface area contributed by atoms with E-state index >= 15 is 0 Å². The molecule has 0 aliphatic carbocycles. The minimum absolute atomic E-state index is 0. The summed E-state index contributed by atoms with van der Waals surface area (Å²) in [4.78, 5) is 16.1. The summed E-state index contributed by atoms with van der Waals surface area (Å²) in [6.45, 7) is 5.78. The number of Topliss-reactive ketones (excluding diaryl/α,β-unsaturated/α-hetero) is 1. The zero-order valence-corrected chi connectivity index (χ0v) is 14.2. The molecule has 2 heterocycles. The largest absolute Gasteiger partial charge is 0.497 e. The van der Waals surface area contributed by atoms with E-state index in [2.05, 4.69) is 28.0 Å². The average molecular weight is 325 g/mol. The molecule has 0 N–H and O–H groups in total. The van der Waals surface area contributed by atoms with E-state index in [4.69, 9.17) is 4.74 Å². The van der Waals surface area contributed by atoms with Gasteiger partial charge < -0.3 is 9.64 Å². The van der Waals surface area contributed by atoms with Crippen molar-refractivity contribution in [3.63, 3.8) is 0 Å². The van der Waals surface area contributed by atoms with Crippen molar-refractivity contribution in [3.8, 4) is 5.75 Å². The first-order chi connectivity index (χ1) is 10.2. The van der Waals surface area contributed by atoms with Crippen molar-refractivity contribution in [2.75, 3.05) is 38.2 Å². The third kappa shape index (κ3) is 3.55. The molecule has 1 atom stereocenters. The van der Waals surface area contributed by atoms with Crippen molar-refractivity contribution in [2.45, 2.75) is 32.2 Å². The number of carbonyl (C=O) groups is 1. The van der Waals surface area contributed by atoms with Crippen molar-refractivity contribution in [1.29, 1.82) is 0 Å². The fraction of sp³-hybridized carbons (Fsp3) is 0.588. The van der Waals surface area contributed by atoms with Gasteiger partial charge in [-0.1, -0.05) is 0 Å². The second kappa shape index (κ2) is 7.34. The third-order valence-electron chi connectivity index (χ3n) is 4.69. The normalized spacial score (nSPS) is 20.6. The van der Waals surface area contributed by atoms with Crippen LogP contribution in [-0.2, 0) is 11.2 Å². The van der Waals surface area contributed by atoms with Gasteiger partial charge in [-0.15, -0.1) is 12.4 Å². The van der Waals surface area contributed by atoms with Gasteiger partial charge >= 0.3 is 0 Å². The molecular weight excluding hydrogens is 300 g/mol. The topological polar surface area (TPSA) is 32.8 Å². The number of benzene rings is 1. The Kier molecular flexibility index (Phi) is 5.70. The van der Waals surface area contributed by atoms with Crippen molar-refractivity contribution >= 4 is 23.9 Å². The molecule has 1 aromatic rings. The predicted octanol–water partition coefficient (Wildman–Crippen LogP) is 2.53. The van der Waals surface area contributed by atoms with Gasteiger partial charge in [0.15, 0.2) is 0 Å². The van der Waals surface area contributed by atoms with E-state index in [0.29, 0.717) is 18.2 Å². The summed E-state index contributed by atoms with van der Waals surface area (Å²) < 4.78 is 5.33. The standard InChI is InChI=1S/C17H24N2O2.ClH/c1-13(20)7-8-18-9-10-19-15(12-18)4-3-14-11-16(21-2)5-6-17(14)19;/h5-6,11,15H,3-4,7-10,12H2,1-2H3;1H. The molecule has 0 bridgehead atoms. The lowest BCUT2D eigenvalue weighted by Gasteiger charge is -2.46. The first-order valence-electron chi connectivity index (χ1n) is 7.82. The molecule has 4 nitrogen and oxygen atoms in total. The molecule has 3 rings (SSSR count). The molecule has 22 heavy (non-hydrogen) atoms. The van der Waals surface area contributed by atoms with Gasteiger partial charge in [-0.2, -0.15) is 0 Å². The van der Waals surface area contributed by atoms with Crippen LogP contribution in [0, 0.1) is 0 Å².